The quantitative estimate of drug-likeness (QED) is 0.840. The summed E-state index contributed by atoms with van der Waals surface area (Å²) in [5.74, 6) is 0.788. The van der Waals surface area contributed by atoms with Crippen molar-refractivity contribution >= 4 is 22.7 Å². The molecule has 3 rings (SSSR count). The number of ether oxygens (including phenoxy) is 1. The molecular formula is C19H22N2O2. The molecule has 0 fully saturated rings. The number of aliphatic imine (C=N–C) groups is 1. The minimum absolute atomic E-state index is 0.311. The third-order valence-corrected chi connectivity index (χ3v) is 3.77. The molecule has 0 N–H and O–H groups in total. The number of amides is 1. The maximum absolute atomic E-state index is 12.3. The molecule has 0 saturated heterocycles. The van der Waals surface area contributed by atoms with Crippen LogP contribution in [0.1, 0.15) is 26.3 Å². The van der Waals surface area contributed by atoms with Crippen LogP contribution >= 0.6 is 0 Å². The van der Waals surface area contributed by atoms with Crippen molar-refractivity contribution in [1.82, 2.24) is 4.90 Å². The smallest absolute Gasteiger partial charge is 0.415 e. The topological polar surface area (TPSA) is 41.9 Å². The van der Waals surface area contributed by atoms with Crippen LogP contribution < -0.4 is 0 Å². The number of carbonyl (C=O) groups is 1. The van der Waals surface area contributed by atoms with Crippen LogP contribution in [-0.2, 0) is 11.2 Å². The van der Waals surface area contributed by atoms with Gasteiger partial charge >= 0.3 is 6.09 Å². The summed E-state index contributed by atoms with van der Waals surface area (Å²) >= 11 is 0. The second-order valence-electron chi connectivity index (χ2n) is 6.74. The Morgan fingerprint density at radius 2 is 1.91 bits per heavy atom. The largest absolute Gasteiger partial charge is 0.443 e. The molecule has 0 unspecified atom stereocenters. The summed E-state index contributed by atoms with van der Waals surface area (Å²) in [4.78, 5) is 18.5. The van der Waals surface area contributed by atoms with Crippen LogP contribution in [-0.4, -0.2) is 35.5 Å². The first-order valence-electron chi connectivity index (χ1n) is 7.94. The van der Waals surface area contributed by atoms with E-state index in [0.29, 0.717) is 19.5 Å². The Morgan fingerprint density at radius 1 is 1.17 bits per heavy atom. The van der Waals surface area contributed by atoms with E-state index in [2.05, 4.69) is 29.3 Å². The minimum atomic E-state index is -0.496. The van der Waals surface area contributed by atoms with Gasteiger partial charge in [-0.3, -0.25) is 9.89 Å². The highest BCUT2D eigenvalue weighted by Gasteiger charge is 2.28. The highest BCUT2D eigenvalue weighted by atomic mass is 16.6. The van der Waals surface area contributed by atoms with E-state index in [1.807, 2.05) is 39.0 Å². The van der Waals surface area contributed by atoms with Crippen LogP contribution in [0.15, 0.2) is 47.5 Å². The lowest BCUT2D eigenvalue weighted by Crippen LogP contribution is -2.39. The van der Waals surface area contributed by atoms with Crippen molar-refractivity contribution < 1.29 is 9.53 Å². The Bertz CT molecular complexity index is 754. The van der Waals surface area contributed by atoms with Gasteiger partial charge in [0.15, 0.2) is 0 Å². The Balaban J connectivity index is 1.82. The Morgan fingerprint density at radius 3 is 2.70 bits per heavy atom. The summed E-state index contributed by atoms with van der Waals surface area (Å²) in [6.45, 7) is 6.86. The standard InChI is InChI=1S/C19H22N2O2/c1-19(2,3)23-18(22)21-12-11-20-17(21)13-15-9-6-8-14-7-4-5-10-16(14)15/h4-10H,11-13H2,1-3H3. The van der Waals surface area contributed by atoms with Crippen molar-refractivity contribution in [2.24, 2.45) is 4.99 Å². The average Bonchev–Trinajstić information content (AvgIpc) is 2.94. The van der Waals surface area contributed by atoms with Gasteiger partial charge in [0.2, 0.25) is 0 Å². The van der Waals surface area contributed by atoms with Gasteiger partial charge in [-0.25, -0.2) is 4.79 Å². The third-order valence-electron chi connectivity index (χ3n) is 3.77. The molecule has 1 amide bonds. The fourth-order valence-corrected chi connectivity index (χ4v) is 2.78. The summed E-state index contributed by atoms with van der Waals surface area (Å²) < 4.78 is 5.48. The highest BCUT2D eigenvalue weighted by molar-refractivity contribution is 6.00. The van der Waals surface area contributed by atoms with Crippen LogP contribution in [0.4, 0.5) is 4.79 Å². The summed E-state index contributed by atoms with van der Waals surface area (Å²) in [5.41, 5.74) is 0.682. The molecule has 2 aromatic rings. The monoisotopic (exact) mass is 310 g/mol. The first-order valence-corrected chi connectivity index (χ1v) is 7.94. The van der Waals surface area contributed by atoms with E-state index in [4.69, 9.17) is 4.74 Å². The molecule has 0 bridgehead atoms. The average molecular weight is 310 g/mol. The van der Waals surface area contributed by atoms with Gasteiger partial charge in [0.25, 0.3) is 0 Å². The van der Waals surface area contributed by atoms with E-state index >= 15 is 0 Å². The van der Waals surface area contributed by atoms with Crippen molar-refractivity contribution in [1.29, 1.82) is 0 Å². The molecule has 2 aromatic carbocycles. The molecule has 1 aliphatic rings. The summed E-state index contributed by atoms with van der Waals surface area (Å²) in [6, 6.07) is 14.5. The van der Waals surface area contributed by atoms with Crippen molar-refractivity contribution in [3.63, 3.8) is 0 Å². The molecular weight excluding hydrogens is 288 g/mol. The molecule has 0 radical (unpaired) electrons. The Labute approximate surface area is 136 Å². The molecule has 120 valence electrons. The van der Waals surface area contributed by atoms with E-state index in [-0.39, 0.29) is 6.09 Å². The number of benzene rings is 2. The number of hydrogen-bond acceptors (Lipinski definition) is 3. The van der Waals surface area contributed by atoms with Gasteiger partial charge in [-0.2, -0.15) is 0 Å². The lowest BCUT2D eigenvalue weighted by Gasteiger charge is -2.25. The zero-order chi connectivity index (χ0) is 16.4. The number of hydrogen-bond donors (Lipinski definition) is 0. The predicted octanol–water partition coefficient (Wildman–Crippen LogP) is 4.03. The van der Waals surface area contributed by atoms with Gasteiger partial charge in [-0.15, -0.1) is 0 Å². The van der Waals surface area contributed by atoms with E-state index in [1.54, 1.807) is 4.90 Å². The van der Waals surface area contributed by atoms with Crippen molar-refractivity contribution in [2.45, 2.75) is 32.8 Å². The van der Waals surface area contributed by atoms with Crippen LogP contribution in [0.25, 0.3) is 10.8 Å². The molecule has 1 heterocycles. The molecule has 0 saturated carbocycles. The summed E-state index contributed by atoms with van der Waals surface area (Å²) in [5, 5.41) is 2.40. The van der Waals surface area contributed by atoms with Crippen molar-refractivity contribution in [2.75, 3.05) is 13.1 Å². The van der Waals surface area contributed by atoms with Crippen LogP contribution in [0.5, 0.6) is 0 Å². The predicted molar refractivity (Wildman–Crippen MR) is 92.9 cm³/mol. The Hall–Kier alpha value is -2.36. The van der Waals surface area contributed by atoms with Gasteiger partial charge in [0.1, 0.15) is 11.4 Å². The Kier molecular flexibility index (Phi) is 4.07. The van der Waals surface area contributed by atoms with E-state index in [0.717, 1.165) is 5.84 Å². The molecule has 1 aliphatic heterocycles. The highest BCUT2D eigenvalue weighted by Crippen LogP contribution is 2.21. The first kappa shape index (κ1) is 15.5. The van der Waals surface area contributed by atoms with Gasteiger partial charge in [0.05, 0.1) is 13.1 Å². The normalized spacial score (nSPS) is 14.9. The second kappa shape index (κ2) is 6.03. The van der Waals surface area contributed by atoms with Crippen LogP contribution in [0.2, 0.25) is 0 Å². The maximum atomic E-state index is 12.3. The molecule has 4 nitrogen and oxygen atoms in total. The molecule has 0 aromatic heterocycles. The molecule has 23 heavy (non-hydrogen) atoms. The van der Waals surface area contributed by atoms with E-state index in [9.17, 15) is 4.79 Å². The molecule has 0 spiro atoms. The minimum Gasteiger partial charge on any atom is -0.443 e. The SMILES string of the molecule is CC(C)(C)OC(=O)N1CCN=C1Cc1cccc2ccccc12. The molecule has 0 atom stereocenters. The molecule has 4 heteroatoms. The van der Waals surface area contributed by atoms with Crippen molar-refractivity contribution in [3.8, 4) is 0 Å². The number of carbonyl (C=O) groups excluding carboxylic acids is 1. The summed E-state index contributed by atoms with van der Waals surface area (Å²) in [6.07, 6.45) is 0.328. The molecule has 0 aliphatic carbocycles. The number of rotatable bonds is 2. The lowest BCUT2D eigenvalue weighted by molar-refractivity contribution is 0.0382. The van der Waals surface area contributed by atoms with Gasteiger partial charge < -0.3 is 4.74 Å². The fourth-order valence-electron chi connectivity index (χ4n) is 2.78. The van der Waals surface area contributed by atoms with Crippen LogP contribution in [0, 0.1) is 0 Å². The van der Waals surface area contributed by atoms with Gasteiger partial charge in [0, 0.05) is 6.42 Å². The zero-order valence-corrected chi connectivity index (χ0v) is 13.9. The summed E-state index contributed by atoms with van der Waals surface area (Å²) in [7, 11) is 0. The van der Waals surface area contributed by atoms with Crippen molar-refractivity contribution in [3.05, 3.63) is 48.0 Å². The van der Waals surface area contributed by atoms with E-state index in [1.165, 1.54) is 16.3 Å². The van der Waals surface area contributed by atoms with Gasteiger partial charge in [-0.05, 0) is 37.1 Å². The maximum Gasteiger partial charge on any atom is 0.415 e. The number of amidine groups is 1. The second-order valence-corrected chi connectivity index (χ2v) is 6.74. The zero-order valence-electron chi connectivity index (χ0n) is 13.9. The number of fused-ring (bicyclic) bond motifs is 1. The van der Waals surface area contributed by atoms with Gasteiger partial charge in [-0.1, -0.05) is 42.5 Å². The first-order chi connectivity index (χ1) is 10.9. The lowest BCUT2D eigenvalue weighted by atomic mass is 10.0. The third kappa shape index (κ3) is 3.52. The van der Waals surface area contributed by atoms with Crippen LogP contribution in [0.3, 0.4) is 0 Å². The number of nitrogens with zero attached hydrogens (tertiary/aromatic N) is 2. The van der Waals surface area contributed by atoms with E-state index < -0.39 is 5.60 Å². The fraction of sp³-hybridized carbons (Fsp3) is 0.368.